The second kappa shape index (κ2) is 7.12. The summed E-state index contributed by atoms with van der Waals surface area (Å²) in [6.07, 6.45) is 9.35. The fraction of sp³-hybridized carbons (Fsp3) is 0.900. The molecule has 0 unspecified atom stereocenters. The quantitative estimate of drug-likeness (QED) is 0.397. The molecule has 0 aromatic rings. The third kappa shape index (κ3) is 2.82. The number of aliphatic carboxylic acids is 1. The molecule has 34 heavy (non-hydrogen) atoms. The van der Waals surface area contributed by atoms with Gasteiger partial charge in [0, 0.05) is 0 Å². The van der Waals surface area contributed by atoms with Gasteiger partial charge in [-0.3, -0.25) is 4.79 Å². The Morgan fingerprint density at radius 3 is 2.18 bits per heavy atom. The van der Waals surface area contributed by atoms with Crippen LogP contribution in [0, 0.1) is 50.2 Å². The molecule has 0 saturated heterocycles. The Balaban J connectivity index is 1.63. The van der Waals surface area contributed by atoms with Crippen LogP contribution in [0.3, 0.4) is 0 Å². The van der Waals surface area contributed by atoms with Crippen molar-refractivity contribution < 1.29 is 20.1 Å². The molecule has 0 radical (unpaired) electrons. The number of aliphatic hydroxyl groups is 2. The van der Waals surface area contributed by atoms with Gasteiger partial charge in [-0.15, -0.1) is 0 Å². The number of fused-ring (bicyclic) bond motifs is 7. The van der Waals surface area contributed by atoms with Gasteiger partial charge in [-0.1, -0.05) is 60.1 Å². The minimum Gasteiger partial charge on any atom is -0.481 e. The molecule has 5 aliphatic carbocycles. The maximum atomic E-state index is 12.8. The van der Waals surface area contributed by atoms with Crippen molar-refractivity contribution in [1.29, 1.82) is 0 Å². The molecule has 3 N–H and O–H groups in total. The molecule has 0 heterocycles. The third-order valence-electron chi connectivity index (χ3n) is 13.1. The normalized spacial score (nSPS) is 53.4. The number of carboxylic acids is 1. The van der Waals surface area contributed by atoms with Crippen LogP contribution in [0.5, 0.6) is 0 Å². The smallest absolute Gasteiger partial charge is 0.312 e. The maximum absolute atomic E-state index is 12.8. The number of carbonyl (C=O) groups is 1. The molecular formula is C30H48O4. The third-order valence-corrected chi connectivity index (χ3v) is 13.1. The van der Waals surface area contributed by atoms with Crippen LogP contribution in [-0.4, -0.2) is 33.5 Å². The Morgan fingerprint density at radius 1 is 0.853 bits per heavy atom. The number of hydrogen-bond acceptors (Lipinski definition) is 3. The molecule has 4 fully saturated rings. The SMILES string of the molecule is CC1(C)CC[C@]2(C(=O)O)[C@H](O)C[C@]3(C)C(=CC[C@@H]4[C@]5(C)CC[C@H](O)C(C)(C)[C@@H]5CC[C@]43C)[C@H]2C1. The van der Waals surface area contributed by atoms with E-state index >= 15 is 0 Å². The number of hydrogen-bond donors (Lipinski definition) is 3. The van der Waals surface area contributed by atoms with Crippen LogP contribution >= 0.6 is 0 Å². The van der Waals surface area contributed by atoms with Gasteiger partial charge in [-0.2, -0.15) is 0 Å². The summed E-state index contributed by atoms with van der Waals surface area (Å²) in [4.78, 5) is 12.8. The first-order valence-corrected chi connectivity index (χ1v) is 13.9. The highest BCUT2D eigenvalue weighted by Crippen LogP contribution is 2.75. The van der Waals surface area contributed by atoms with Crippen LogP contribution in [-0.2, 0) is 4.79 Å². The molecule has 0 amide bonds. The zero-order valence-electron chi connectivity index (χ0n) is 22.6. The molecule has 4 saturated carbocycles. The van der Waals surface area contributed by atoms with Crippen molar-refractivity contribution in [3.63, 3.8) is 0 Å². The fourth-order valence-corrected chi connectivity index (χ4v) is 10.7. The minimum atomic E-state index is -1.04. The van der Waals surface area contributed by atoms with E-state index in [0.29, 0.717) is 24.7 Å². The van der Waals surface area contributed by atoms with E-state index in [1.165, 1.54) is 5.57 Å². The van der Waals surface area contributed by atoms with E-state index in [1.807, 2.05) is 0 Å². The Bertz CT molecular complexity index is 919. The summed E-state index contributed by atoms with van der Waals surface area (Å²) in [6, 6.07) is 0. The summed E-state index contributed by atoms with van der Waals surface area (Å²) in [5.74, 6) is 0.0888. The van der Waals surface area contributed by atoms with Crippen molar-refractivity contribution >= 4 is 5.97 Å². The van der Waals surface area contributed by atoms with E-state index in [1.54, 1.807) is 0 Å². The van der Waals surface area contributed by atoms with Crippen LogP contribution < -0.4 is 0 Å². The first kappa shape index (κ1) is 24.8. The molecule has 5 aliphatic rings. The van der Waals surface area contributed by atoms with E-state index in [4.69, 9.17) is 0 Å². The molecule has 0 aromatic heterocycles. The monoisotopic (exact) mass is 472 g/mol. The summed E-state index contributed by atoms with van der Waals surface area (Å²) in [5.41, 5.74) is 0.295. The van der Waals surface area contributed by atoms with Crippen LogP contribution in [0.1, 0.15) is 106 Å². The zero-order chi connectivity index (χ0) is 25.1. The van der Waals surface area contributed by atoms with Crippen LogP contribution in [0.25, 0.3) is 0 Å². The summed E-state index contributed by atoms with van der Waals surface area (Å²) in [5, 5.41) is 33.1. The van der Waals surface area contributed by atoms with Gasteiger partial charge in [0.15, 0.2) is 0 Å². The second-order valence-electron chi connectivity index (χ2n) is 15.2. The summed E-state index contributed by atoms with van der Waals surface area (Å²) < 4.78 is 0. The molecular weight excluding hydrogens is 424 g/mol. The van der Waals surface area contributed by atoms with E-state index in [0.717, 1.165) is 44.9 Å². The first-order chi connectivity index (χ1) is 15.6. The summed E-state index contributed by atoms with van der Waals surface area (Å²) >= 11 is 0. The largest absolute Gasteiger partial charge is 0.481 e. The standard InChI is InChI=1S/C30H48O4/c1-25(2)14-15-30(24(33)34)19(16-25)18-8-9-21-27(5)12-11-22(31)26(3,4)20(27)10-13-28(21,6)29(18,7)17-23(30)32/h8,19-23,31-32H,9-17H2,1-7H3,(H,33,34)/t19-,20+,21-,22+,23-,27-,28-,29-,30-/m1/s1. The highest BCUT2D eigenvalue weighted by Gasteiger charge is 2.71. The topological polar surface area (TPSA) is 77.8 Å². The molecule has 0 aromatic carbocycles. The first-order valence-electron chi connectivity index (χ1n) is 13.9. The average molecular weight is 473 g/mol. The van der Waals surface area contributed by atoms with Gasteiger partial charge in [0.2, 0.25) is 0 Å². The number of allylic oxidation sites excluding steroid dienone is 2. The Labute approximate surface area is 206 Å². The number of aliphatic hydroxyl groups excluding tert-OH is 2. The summed E-state index contributed by atoms with van der Waals surface area (Å²) in [7, 11) is 0. The lowest BCUT2D eigenvalue weighted by molar-refractivity contribution is -0.218. The predicted octanol–water partition coefficient (Wildman–Crippen LogP) is 6.20. The highest BCUT2D eigenvalue weighted by atomic mass is 16.4. The minimum absolute atomic E-state index is 0.0218. The van der Waals surface area contributed by atoms with Gasteiger partial charge < -0.3 is 15.3 Å². The van der Waals surface area contributed by atoms with Crippen LogP contribution in [0.4, 0.5) is 0 Å². The molecule has 4 nitrogen and oxygen atoms in total. The van der Waals surface area contributed by atoms with Crippen molar-refractivity contribution in [2.75, 3.05) is 0 Å². The lowest BCUT2D eigenvalue weighted by Crippen LogP contribution is -2.67. The summed E-state index contributed by atoms with van der Waals surface area (Å²) in [6.45, 7) is 16.4. The molecule has 0 aliphatic heterocycles. The average Bonchev–Trinajstić information content (AvgIpc) is 2.71. The van der Waals surface area contributed by atoms with Crippen LogP contribution in [0.15, 0.2) is 11.6 Å². The van der Waals surface area contributed by atoms with E-state index < -0.39 is 17.5 Å². The van der Waals surface area contributed by atoms with Crippen molar-refractivity contribution in [3.8, 4) is 0 Å². The Hall–Kier alpha value is -0.870. The van der Waals surface area contributed by atoms with Gasteiger partial charge in [0.25, 0.3) is 0 Å². The van der Waals surface area contributed by atoms with Crippen molar-refractivity contribution in [2.24, 2.45) is 50.2 Å². The Morgan fingerprint density at radius 2 is 1.53 bits per heavy atom. The van der Waals surface area contributed by atoms with Crippen molar-refractivity contribution in [1.82, 2.24) is 0 Å². The lowest BCUT2D eigenvalue weighted by Gasteiger charge is -2.71. The molecule has 4 heteroatoms. The fourth-order valence-electron chi connectivity index (χ4n) is 10.7. The van der Waals surface area contributed by atoms with Crippen molar-refractivity contribution in [3.05, 3.63) is 11.6 Å². The molecule has 192 valence electrons. The molecule has 9 atom stereocenters. The maximum Gasteiger partial charge on any atom is 0.312 e. The predicted molar refractivity (Wildman–Crippen MR) is 134 cm³/mol. The molecule has 0 spiro atoms. The van der Waals surface area contributed by atoms with E-state index in [9.17, 15) is 20.1 Å². The molecule has 0 bridgehead atoms. The van der Waals surface area contributed by atoms with E-state index in [2.05, 4.69) is 54.5 Å². The molecule has 5 rings (SSSR count). The van der Waals surface area contributed by atoms with Gasteiger partial charge in [-0.25, -0.2) is 0 Å². The van der Waals surface area contributed by atoms with E-state index in [-0.39, 0.29) is 39.1 Å². The van der Waals surface area contributed by atoms with Crippen molar-refractivity contribution in [2.45, 2.75) is 118 Å². The Kier molecular flexibility index (Phi) is 5.20. The highest BCUT2D eigenvalue weighted by molar-refractivity contribution is 5.77. The van der Waals surface area contributed by atoms with Gasteiger partial charge in [0.1, 0.15) is 5.41 Å². The lowest BCUT2D eigenvalue weighted by atomic mass is 9.33. The number of carboxylic acid groups (broad SMARTS) is 1. The van der Waals surface area contributed by atoms with Gasteiger partial charge in [-0.05, 0) is 103 Å². The number of rotatable bonds is 1. The van der Waals surface area contributed by atoms with Gasteiger partial charge >= 0.3 is 5.97 Å². The zero-order valence-corrected chi connectivity index (χ0v) is 22.6. The van der Waals surface area contributed by atoms with Crippen LogP contribution in [0.2, 0.25) is 0 Å². The second-order valence-corrected chi connectivity index (χ2v) is 15.2. The van der Waals surface area contributed by atoms with Gasteiger partial charge in [0.05, 0.1) is 12.2 Å².